The highest BCUT2D eigenvalue weighted by molar-refractivity contribution is 9.10. The summed E-state index contributed by atoms with van der Waals surface area (Å²) in [6.45, 7) is 0. The van der Waals surface area contributed by atoms with Crippen LogP contribution in [0.25, 0.3) is 10.9 Å². The van der Waals surface area contributed by atoms with Crippen molar-refractivity contribution in [1.82, 2.24) is 9.66 Å². The number of methoxy groups -OCH3 is 1. The van der Waals surface area contributed by atoms with Crippen molar-refractivity contribution in [2.75, 3.05) is 13.0 Å². The van der Waals surface area contributed by atoms with Crippen LogP contribution in [0.1, 0.15) is 5.56 Å². The monoisotopic (exact) mass is 391 g/mol. The Kier molecular flexibility index (Phi) is 4.58. The van der Waals surface area contributed by atoms with Gasteiger partial charge in [-0.05, 0) is 35.9 Å². The average Bonchev–Trinajstić information content (AvgIpc) is 2.57. The number of halogens is 1. The van der Waals surface area contributed by atoms with E-state index in [-0.39, 0.29) is 5.56 Å². The molecule has 1 aromatic heterocycles. The molecule has 0 amide bonds. The Morgan fingerprint density at radius 3 is 2.91 bits per heavy atom. The number of nitrogen functional groups attached to an aromatic ring is 1. The van der Waals surface area contributed by atoms with Crippen LogP contribution in [0.4, 0.5) is 0 Å². The van der Waals surface area contributed by atoms with Gasteiger partial charge in [-0.1, -0.05) is 39.8 Å². The summed E-state index contributed by atoms with van der Waals surface area (Å²) in [7, 11) is 1.63. The van der Waals surface area contributed by atoms with Gasteiger partial charge in [-0.25, -0.2) is 9.66 Å². The number of rotatable bonds is 4. The maximum Gasteiger partial charge on any atom is 0.280 e. The molecule has 0 aliphatic rings. The molecule has 0 saturated heterocycles. The number of thioether (sulfide) groups is 1. The number of nitrogens with two attached hydrogens (primary N) is 1. The molecule has 7 heteroatoms. The van der Waals surface area contributed by atoms with Crippen molar-refractivity contribution in [2.24, 2.45) is 0 Å². The molecule has 0 aliphatic carbocycles. The predicted octanol–water partition coefficient (Wildman–Crippen LogP) is 3.17. The first-order valence-corrected chi connectivity index (χ1v) is 8.59. The number of benzene rings is 2. The van der Waals surface area contributed by atoms with E-state index >= 15 is 0 Å². The van der Waals surface area contributed by atoms with Crippen molar-refractivity contribution in [3.05, 3.63) is 62.9 Å². The molecule has 0 saturated carbocycles. The van der Waals surface area contributed by atoms with Gasteiger partial charge in [0.25, 0.3) is 5.56 Å². The number of fused-ring (bicyclic) bond motifs is 1. The normalized spacial score (nSPS) is 10.9. The Morgan fingerprint density at radius 1 is 1.30 bits per heavy atom. The van der Waals surface area contributed by atoms with Crippen LogP contribution < -0.4 is 16.1 Å². The molecule has 0 unspecified atom stereocenters. The second-order valence-electron chi connectivity index (χ2n) is 4.87. The number of ether oxygens (including phenoxy) is 1. The zero-order valence-corrected chi connectivity index (χ0v) is 14.7. The zero-order valence-electron chi connectivity index (χ0n) is 12.3. The van der Waals surface area contributed by atoms with Gasteiger partial charge < -0.3 is 10.6 Å². The van der Waals surface area contributed by atoms with E-state index in [1.807, 2.05) is 30.3 Å². The van der Waals surface area contributed by atoms with E-state index < -0.39 is 0 Å². The van der Waals surface area contributed by atoms with Gasteiger partial charge in [0.05, 0.1) is 18.0 Å². The third kappa shape index (κ3) is 3.35. The number of nitrogens with zero attached hydrogens (tertiary/aromatic N) is 2. The van der Waals surface area contributed by atoms with E-state index in [0.29, 0.717) is 21.8 Å². The quantitative estimate of drug-likeness (QED) is 0.420. The molecule has 5 nitrogen and oxygen atoms in total. The standard InChI is InChI=1S/C16H14BrN3O2S/c1-22-12-4-2-3-10(7-12)9-23-16-19-14-6-5-11(17)8-13(14)15(21)20(16)18/h2-8H,9,18H2,1H3. The lowest BCUT2D eigenvalue weighted by atomic mass is 10.2. The molecule has 0 spiro atoms. The first kappa shape index (κ1) is 15.9. The minimum atomic E-state index is -0.260. The Labute approximate surface area is 145 Å². The molecule has 3 aromatic rings. The summed E-state index contributed by atoms with van der Waals surface area (Å²) >= 11 is 4.76. The van der Waals surface area contributed by atoms with E-state index in [4.69, 9.17) is 10.6 Å². The molecule has 0 atom stereocenters. The Hall–Kier alpha value is -1.99. The van der Waals surface area contributed by atoms with Crippen molar-refractivity contribution in [3.63, 3.8) is 0 Å². The first-order chi connectivity index (χ1) is 11.1. The van der Waals surface area contributed by atoms with Crippen LogP contribution in [0, 0.1) is 0 Å². The van der Waals surface area contributed by atoms with E-state index in [9.17, 15) is 4.79 Å². The minimum absolute atomic E-state index is 0.260. The van der Waals surface area contributed by atoms with Crippen molar-refractivity contribution >= 4 is 38.6 Å². The van der Waals surface area contributed by atoms with Gasteiger partial charge in [0.15, 0.2) is 5.16 Å². The van der Waals surface area contributed by atoms with Crippen molar-refractivity contribution in [2.45, 2.75) is 10.9 Å². The lowest BCUT2D eigenvalue weighted by molar-refractivity contribution is 0.414. The fraction of sp³-hybridized carbons (Fsp3) is 0.125. The largest absolute Gasteiger partial charge is 0.497 e. The molecule has 23 heavy (non-hydrogen) atoms. The molecule has 0 bridgehead atoms. The summed E-state index contributed by atoms with van der Waals surface area (Å²) in [5.74, 6) is 7.34. The van der Waals surface area contributed by atoms with E-state index in [1.165, 1.54) is 11.8 Å². The highest BCUT2D eigenvalue weighted by atomic mass is 79.9. The fourth-order valence-electron chi connectivity index (χ4n) is 2.16. The second-order valence-corrected chi connectivity index (χ2v) is 6.73. The first-order valence-electron chi connectivity index (χ1n) is 6.81. The van der Waals surface area contributed by atoms with E-state index in [1.54, 1.807) is 19.2 Å². The SMILES string of the molecule is COc1cccc(CSc2nc3ccc(Br)cc3c(=O)n2N)c1. The summed E-state index contributed by atoms with van der Waals surface area (Å²) in [6, 6.07) is 13.1. The lowest BCUT2D eigenvalue weighted by Crippen LogP contribution is -2.29. The molecule has 2 aromatic carbocycles. The van der Waals surface area contributed by atoms with Crippen LogP contribution in [0.3, 0.4) is 0 Å². The lowest BCUT2D eigenvalue weighted by Gasteiger charge is -2.09. The van der Waals surface area contributed by atoms with Gasteiger partial charge >= 0.3 is 0 Å². The number of hydrogen-bond donors (Lipinski definition) is 1. The van der Waals surface area contributed by atoms with E-state index in [2.05, 4.69) is 20.9 Å². The molecule has 1 heterocycles. The summed E-state index contributed by atoms with van der Waals surface area (Å²) < 4.78 is 7.13. The predicted molar refractivity (Wildman–Crippen MR) is 96.4 cm³/mol. The minimum Gasteiger partial charge on any atom is -0.497 e. The molecular formula is C16H14BrN3O2S. The van der Waals surface area contributed by atoms with Gasteiger partial charge in [0.1, 0.15) is 5.75 Å². The molecule has 3 rings (SSSR count). The molecule has 0 fully saturated rings. The third-order valence-corrected chi connectivity index (χ3v) is 4.85. The van der Waals surface area contributed by atoms with Gasteiger partial charge in [-0.15, -0.1) is 0 Å². The molecular weight excluding hydrogens is 378 g/mol. The second kappa shape index (κ2) is 6.64. The molecule has 0 aliphatic heterocycles. The van der Waals surface area contributed by atoms with Crippen LogP contribution in [-0.2, 0) is 5.75 Å². The summed E-state index contributed by atoms with van der Waals surface area (Å²) in [5.41, 5.74) is 1.44. The molecule has 2 N–H and O–H groups in total. The summed E-state index contributed by atoms with van der Waals surface area (Å²) in [4.78, 5) is 16.8. The van der Waals surface area contributed by atoms with E-state index in [0.717, 1.165) is 20.5 Å². The molecule has 0 radical (unpaired) electrons. The van der Waals surface area contributed by atoms with Crippen LogP contribution in [0.5, 0.6) is 5.75 Å². The van der Waals surface area contributed by atoms with Gasteiger partial charge in [0.2, 0.25) is 0 Å². The van der Waals surface area contributed by atoms with Gasteiger partial charge in [0, 0.05) is 10.2 Å². The highest BCUT2D eigenvalue weighted by Crippen LogP contribution is 2.24. The van der Waals surface area contributed by atoms with Gasteiger partial charge in [-0.2, -0.15) is 0 Å². The van der Waals surface area contributed by atoms with Crippen molar-refractivity contribution in [1.29, 1.82) is 0 Å². The number of hydrogen-bond acceptors (Lipinski definition) is 5. The van der Waals surface area contributed by atoms with Crippen LogP contribution >= 0.6 is 27.7 Å². The third-order valence-electron chi connectivity index (χ3n) is 3.33. The Balaban J connectivity index is 1.92. The van der Waals surface area contributed by atoms with Crippen LogP contribution in [-0.4, -0.2) is 16.8 Å². The van der Waals surface area contributed by atoms with Gasteiger partial charge in [-0.3, -0.25) is 4.79 Å². The highest BCUT2D eigenvalue weighted by Gasteiger charge is 2.10. The van der Waals surface area contributed by atoms with Crippen molar-refractivity contribution < 1.29 is 4.74 Å². The molecule has 118 valence electrons. The van der Waals surface area contributed by atoms with Crippen LogP contribution in [0.15, 0.2) is 56.9 Å². The summed E-state index contributed by atoms with van der Waals surface area (Å²) in [6.07, 6.45) is 0. The zero-order chi connectivity index (χ0) is 16.4. The topological polar surface area (TPSA) is 70.1 Å². The maximum atomic E-state index is 12.4. The number of aromatic nitrogens is 2. The smallest absolute Gasteiger partial charge is 0.280 e. The van der Waals surface area contributed by atoms with Crippen molar-refractivity contribution in [3.8, 4) is 5.75 Å². The maximum absolute atomic E-state index is 12.4. The van der Waals surface area contributed by atoms with Crippen LogP contribution in [0.2, 0.25) is 0 Å². The Bertz CT molecular complexity index is 927. The average molecular weight is 392 g/mol. The fourth-order valence-corrected chi connectivity index (χ4v) is 3.38. The summed E-state index contributed by atoms with van der Waals surface area (Å²) in [5, 5.41) is 0.972. The Morgan fingerprint density at radius 2 is 2.13 bits per heavy atom.